The summed E-state index contributed by atoms with van der Waals surface area (Å²) in [5, 5.41) is 3.82. The van der Waals surface area contributed by atoms with Crippen LogP contribution in [0.25, 0.3) is 0 Å². The first kappa shape index (κ1) is 15.3. The molecule has 3 nitrogen and oxygen atoms in total. The van der Waals surface area contributed by atoms with Crippen molar-refractivity contribution in [2.75, 3.05) is 6.54 Å². The summed E-state index contributed by atoms with van der Waals surface area (Å²) in [7, 11) is 0. The third-order valence-electron chi connectivity index (χ3n) is 4.28. The summed E-state index contributed by atoms with van der Waals surface area (Å²) < 4.78 is 0. The lowest BCUT2D eigenvalue weighted by atomic mass is 9.78. The van der Waals surface area contributed by atoms with E-state index in [1.165, 1.54) is 6.42 Å². The highest BCUT2D eigenvalue weighted by atomic mass is 35.5. The van der Waals surface area contributed by atoms with Gasteiger partial charge in [-0.2, -0.15) is 0 Å². The highest BCUT2D eigenvalue weighted by Gasteiger charge is 2.30. The molecule has 0 aromatic heterocycles. The number of halogens is 1. The average Bonchev–Trinajstić information content (AvgIpc) is 2.47. The Morgan fingerprint density at radius 2 is 2.00 bits per heavy atom. The monoisotopic (exact) mass is 294 g/mol. The minimum atomic E-state index is 0.000109. The average molecular weight is 295 g/mol. The maximum atomic E-state index is 12.4. The molecule has 0 saturated heterocycles. The van der Waals surface area contributed by atoms with Gasteiger partial charge in [-0.05, 0) is 49.9 Å². The maximum Gasteiger partial charge on any atom is 0.223 e. The molecule has 1 aromatic carbocycles. The smallest absolute Gasteiger partial charge is 0.223 e. The van der Waals surface area contributed by atoms with E-state index in [0.717, 1.165) is 24.8 Å². The first-order valence-electron chi connectivity index (χ1n) is 7.37. The van der Waals surface area contributed by atoms with E-state index in [1.807, 2.05) is 31.2 Å². The Hall–Kier alpha value is -1.06. The predicted molar refractivity (Wildman–Crippen MR) is 82.5 cm³/mol. The lowest BCUT2D eigenvalue weighted by Gasteiger charge is -2.30. The van der Waals surface area contributed by atoms with Gasteiger partial charge in [0.15, 0.2) is 0 Å². The molecule has 1 aliphatic carbocycles. The van der Waals surface area contributed by atoms with Crippen LogP contribution in [0.1, 0.15) is 44.2 Å². The molecule has 110 valence electrons. The summed E-state index contributed by atoms with van der Waals surface area (Å²) in [5.41, 5.74) is 6.87. The molecular formula is C16H23ClN2O. The van der Waals surface area contributed by atoms with Gasteiger partial charge < -0.3 is 11.1 Å². The SMILES string of the molecule is CC(NC(=O)C1CCCCC1CN)c1ccc(Cl)cc1. The van der Waals surface area contributed by atoms with Crippen molar-refractivity contribution in [3.8, 4) is 0 Å². The van der Waals surface area contributed by atoms with Crippen molar-refractivity contribution in [2.24, 2.45) is 17.6 Å². The zero-order valence-corrected chi connectivity index (χ0v) is 12.7. The van der Waals surface area contributed by atoms with Crippen molar-refractivity contribution in [3.05, 3.63) is 34.9 Å². The number of carbonyl (C=O) groups is 1. The van der Waals surface area contributed by atoms with E-state index in [1.54, 1.807) is 0 Å². The minimum Gasteiger partial charge on any atom is -0.349 e. The molecule has 1 amide bonds. The van der Waals surface area contributed by atoms with Gasteiger partial charge in [-0.25, -0.2) is 0 Å². The minimum absolute atomic E-state index is 0.000109. The molecule has 3 unspecified atom stereocenters. The summed E-state index contributed by atoms with van der Waals surface area (Å²) in [6.45, 7) is 2.61. The Kier molecular flexibility index (Phi) is 5.44. The van der Waals surface area contributed by atoms with Crippen LogP contribution >= 0.6 is 11.6 Å². The normalized spacial score (nSPS) is 24.1. The number of nitrogens with one attached hydrogen (secondary N) is 1. The van der Waals surface area contributed by atoms with Crippen LogP contribution in [0, 0.1) is 11.8 Å². The molecule has 1 saturated carbocycles. The van der Waals surface area contributed by atoms with Gasteiger partial charge in [0, 0.05) is 10.9 Å². The highest BCUT2D eigenvalue weighted by molar-refractivity contribution is 6.30. The number of hydrogen-bond acceptors (Lipinski definition) is 2. The predicted octanol–water partition coefficient (Wildman–Crippen LogP) is 3.28. The fourth-order valence-electron chi connectivity index (χ4n) is 2.99. The quantitative estimate of drug-likeness (QED) is 0.895. The highest BCUT2D eigenvalue weighted by Crippen LogP contribution is 2.30. The lowest BCUT2D eigenvalue weighted by molar-refractivity contribution is -0.128. The van der Waals surface area contributed by atoms with Crippen molar-refractivity contribution in [1.29, 1.82) is 0 Å². The number of nitrogens with two attached hydrogens (primary N) is 1. The molecule has 3 atom stereocenters. The van der Waals surface area contributed by atoms with Crippen LogP contribution in [0.4, 0.5) is 0 Å². The fraction of sp³-hybridized carbons (Fsp3) is 0.562. The van der Waals surface area contributed by atoms with Crippen LogP contribution < -0.4 is 11.1 Å². The number of amides is 1. The zero-order valence-electron chi connectivity index (χ0n) is 11.9. The molecule has 0 heterocycles. The molecule has 4 heteroatoms. The van der Waals surface area contributed by atoms with Crippen LogP contribution in [-0.4, -0.2) is 12.5 Å². The maximum absolute atomic E-state index is 12.4. The number of rotatable bonds is 4. The summed E-state index contributed by atoms with van der Waals surface area (Å²) in [4.78, 5) is 12.4. The van der Waals surface area contributed by atoms with Gasteiger partial charge in [0.05, 0.1) is 6.04 Å². The first-order valence-corrected chi connectivity index (χ1v) is 7.75. The Balaban J connectivity index is 1.97. The summed E-state index contributed by atoms with van der Waals surface area (Å²) in [6, 6.07) is 7.61. The molecule has 3 N–H and O–H groups in total. The zero-order chi connectivity index (χ0) is 14.5. The second-order valence-corrected chi connectivity index (χ2v) is 6.10. The Morgan fingerprint density at radius 3 is 2.65 bits per heavy atom. The number of hydrogen-bond donors (Lipinski definition) is 2. The molecule has 0 radical (unpaired) electrons. The molecular weight excluding hydrogens is 272 g/mol. The summed E-state index contributed by atoms with van der Waals surface area (Å²) >= 11 is 5.88. The molecule has 0 aliphatic heterocycles. The van der Waals surface area contributed by atoms with Crippen LogP contribution in [0.3, 0.4) is 0 Å². The number of carbonyl (C=O) groups excluding carboxylic acids is 1. The lowest BCUT2D eigenvalue weighted by Crippen LogP contribution is -2.40. The molecule has 1 aromatic rings. The second-order valence-electron chi connectivity index (χ2n) is 5.67. The number of benzene rings is 1. The van der Waals surface area contributed by atoms with Crippen molar-refractivity contribution < 1.29 is 4.79 Å². The summed E-state index contributed by atoms with van der Waals surface area (Å²) in [5.74, 6) is 0.548. The van der Waals surface area contributed by atoms with Crippen LogP contribution in [0.2, 0.25) is 5.02 Å². The van der Waals surface area contributed by atoms with Gasteiger partial charge in [-0.3, -0.25) is 4.79 Å². The van der Waals surface area contributed by atoms with Crippen LogP contribution in [0.5, 0.6) is 0 Å². The van der Waals surface area contributed by atoms with Crippen molar-refractivity contribution >= 4 is 17.5 Å². The van der Waals surface area contributed by atoms with Crippen molar-refractivity contribution in [3.63, 3.8) is 0 Å². The van der Waals surface area contributed by atoms with Gasteiger partial charge in [-0.1, -0.05) is 36.6 Å². The topological polar surface area (TPSA) is 55.1 Å². The molecule has 2 rings (SSSR count). The first-order chi connectivity index (χ1) is 9.61. The van der Waals surface area contributed by atoms with E-state index < -0.39 is 0 Å². The van der Waals surface area contributed by atoms with Gasteiger partial charge in [-0.15, -0.1) is 0 Å². The van der Waals surface area contributed by atoms with E-state index in [4.69, 9.17) is 17.3 Å². The van der Waals surface area contributed by atoms with E-state index >= 15 is 0 Å². The molecule has 0 spiro atoms. The van der Waals surface area contributed by atoms with Gasteiger partial charge >= 0.3 is 0 Å². The van der Waals surface area contributed by atoms with E-state index in [-0.39, 0.29) is 17.9 Å². The van der Waals surface area contributed by atoms with E-state index in [2.05, 4.69) is 5.32 Å². The molecule has 1 aliphatic rings. The van der Waals surface area contributed by atoms with Gasteiger partial charge in [0.1, 0.15) is 0 Å². The fourth-order valence-corrected chi connectivity index (χ4v) is 3.12. The summed E-state index contributed by atoms with van der Waals surface area (Å²) in [6.07, 6.45) is 4.35. The Labute approximate surface area is 125 Å². The second kappa shape index (κ2) is 7.09. The van der Waals surface area contributed by atoms with E-state index in [9.17, 15) is 4.79 Å². The van der Waals surface area contributed by atoms with Crippen LogP contribution in [0.15, 0.2) is 24.3 Å². The van der Waals surface area contributed by atoms with E-state index in [0.29, 0.717) is 17.5 Å². The van der Waals surface area contributed by atoms with Crippen molar-refractivity contribution in [1.82, 2.24) is 5.32 Å². The standard InChI is InChI=1S/C16H23ClN2O/c1-11(12-6-8-14(17)9-7-12)19-16(20)15-5-3-2-4-13(15)10-18/h6-9,11,13,15H,2-5,10,18H2,1H3,(H,19,20). The third-order valence-corrected chi connectivity index (χ3v) is 4.53. The molecule has 20 heavy (non-hydrogen) atoms. The Morgan fingerprint density at radius 1 is 1.35 bits per heavy atom. The molecule has 0 bridgehead atoms. The largest absolute Gasteiger partial charge is 0.349 e. The third kappa shape index (κ3) is 3.74. The Bertz CT molecular complexity index is 446. The molecule has 1 fully saturated rings. The van der Waals surface area contributed by atoms with Crippen LogP contribution in [-0.2, 0) is 4.79 Å². The van der Waals surface area contributed by atoms with Crippen molar-refractivity contribution in [2.45, 2.75) is 38.6 Å². The van der Waals surface area contributed by atoms with Gasteiger partial charge in [0.2, 0.25) is 5.91 Å². The van der Waals surface area contributed by atoms with Gasteiger partial charge in [0.25, 0.3) is 0 Å².